The lowest BCUT2D eigenvalue weighted by Gasteiger charge is -2.40. The van der Waals surface area contributed by atoms with Crippen LogP contribution in [0.1, 0.15) is 44.2 Å². The standard InChI is InChI=1S/C16H21BrN2/c1-3-16(2)6-8-19(9-7-16)15-5-4-13(11-17)10-14(15)12-18/h4-5,10H,3,6-9,11H2,1-2H3. The summed E-state index contributed by atoms with van der Waals surface area (Å²) in [5.74, 6) is 0. The molecule has 1 aliphatic heterocycles. The molecule has 1 aliphatic rings. The molecule has 1 fully saturated rings. The van der Waals surface area contributed by atoms with Crippen molar-refractivity contribution >= 4 is 21.6 Å². The van der Waals surface area contributed by atoms with Crippen LogP contribution in [-0.4, -0.2) is 13.1 Å². The SMILES string of the molecule is CCC1(C)CCN(c2ccc(CBr)cc2C#N)CC1. The molecule has 0 aliphatic carbocycles. The van der Waals surface area contributed by atoms with Crippen molar-refractivity contribution in [1.29, 1.82) is 5.26 Å². The Morgan fingerprint density at radius 1 is 1.37 bits per heavy atom. The van der Waals surface area contributed by atoms with Gasteiger partial charge < -0.3 is 4.90 Å². The van der Waals surface area contributed by atoms with E-state index in [2.05, 4.69) is 52.9 Å². The van der Waals surface area contributed by atoms with Gasteiger partial charge in [0.05, 0.1) is 11.3 Å². The smallest absolute Gasteiger partial charge is 0.101 e. The molecule has 0 bridgehead atoms. The number of halogens is 1. The van der Waals surface area contributed by atoms with Crippen LogP contribution in [0.5, 0.6) is 0 Å². The minimum atomic E-state index is 0.485. The molecule has 0 N–H and O–H groups in total. The molecule has 2 rings (SSSR count). The summed E-state index contributed by atoms with van der Waals surface area (Å²) in [6.45, 7) is 6.78. The fourth-order valence-corrected chi connectivity index (χ4v) is 3.02. The molecule has 0 radical (unpaired) electrons. The molecule has 0 unspecified atom stereocenters. The van der Waals surface area contributed by atoms with Crippen molar-refractivity contribution in [3.63, 3.8) is 0 Å². The van der Waals surface area contributed by atoms with Gasteiger partial charge in [-0.1, -0.05) is 42.3 Å². The van der Waals surface area contributed by atoms with Crippen molar-refractivity contribution in [3.8, 4) is 6.07 Å². The Morgan fingerprint density at radius 3 is 2.58 bits per heavy atom. The van der Waals surface area contributed by atoms with Crippen LogP contribution in [0.25, 0.3) is 0 Å². The molecule has 1 aromatic carbocycles. The zero-order valence-corrected chi connectivity index (χ0v) is 13.3. The Labute approximate surface area is 124 Å². The first-order valence-electron chi connectivity index (χ1n) is 6.96. The van der Waals surface area contributed by atoms with Crippen molar-refractivity contribution in [3.05, 3.63) is 29.3 Å². The number of nitriles is 1. The molecule has 0 atom stereocenters. The van der Waals surface area contributed by atoms with Crippen LogP contribution in [0, 0.1) is 16.7 Å². The Morgan fingerprint density at radius 2 is 2.05 bits per heavy atom. The van der Waals surface area contributed by atoms with Gasteiger partial charge in [0.25, 0.3) is 0 Å². The lowest BCUT2D eigenvalue weighted by molar-refractivity contribution is 0.238. The predicted molar refractivity (Wildman–Crippen MR) is 83.6 cm³/mol. The third-order valence-electron chi connectivity index (χ3n) is 4.50. The van der Waals surface area contributed by atoms with E-state index in [-0.39, 0.29) is 0 Å². The van der Waals surface area contributed by atoms with Gasteiger partial charge in [0.1, 0.15) is 6.07 Å². The first-order chi connectivity index (χ1) is 9.11. The maximum atomic E-state index is 9.33. The van der Waals surface area contributed by atoms with E-state index < -0.39 is 0 Å². The first-order valence-corrected chi connectivity index (χ1v) is 8.08. The summed E-state index contributed by atoms with van der Waals surface area (Å²) in [5, 5.41) is 10.1. The Bertz CT molecular complexity index is 482. The normalized spacial score (nSPS) is 18.1. The lowest BCUT2D eigenvalue weighted by atomic mass is 9.78. The Hall–Kier alpha value is -1.01. The number of hydrogen-bond donors (Lipinski definition) is 0. The third kappa shape index (κ3) is 3.12. The molecular weight excluding hydrogens is 300 g/mol. The summed E-state index contributed by atoms with van der Waals surface area (Å²) in [4.78, 5) is 2.37. The lowest BCUT2D eigenvalue weighted by Crippen LogP contribution is -2.38. The van der Waals surface area contributed by atoms with Gasteiger partial charge in [-0.15, -0.1) is 0 Å². The van der Waals surface area contributed by atoms with Crippen molar-refractivity contribution in [2.75, 3.05) is 18.0 Å². The van der Waals surface area contributed by atoms with Crippen LogP contribution in [0.2, 0.25) is 0 Å². The number of nitrogens with zero attached hydrogens (tertiary/aromatic N) is 2. The summed E-state index contributed by atoms with van der Waals surface area (Å²) < 4.78 is 0. The summed E-state index contributed by atoms with van der Waals surface area (Å²) in [6, 6.07) is 8.55. The van der Waals surface area contributed by atoms with E-state index >= 15 is 0 Å². The van der Waals surface area contributed by atoms with Crippen LogP contribution >= 0.6 is 15.9 Å². The molecule has 102 valence electrons. The molecule has 19 heavy (non-hydrogen) atoms. The van der Waals surface area contributed by atoms with Gasteiger partial charge in [-0.25, -0.2) is 0 Å². The summed E-state index contributed by atoms with van der Waals surface area (Å²) >= 11 is 3.44. The number of piperidine rings is 1. The van der Waals surface area contributed by atoms with Crippen LogP contribution in [-0.2, 0) is 5.33 Å². The second-order valence-electron chi connectivity index (χ2n) is 5.75. The van der Waals surface area contributed by atoms with E-state index in [1.165, 1.54) is 19.3 Å². The van der Waals surface area contributed by atoms with Gasteiger partial charge in [0.2, 0.25) is 0 Å². The summed E-state index contributed by atoms with van der Waals surface area (Å²) in [6.07, 6.45) is 3.68. The molecule has 1 saturated heterocycles. The summed E-state index contributed by atoms with van der Waals surface area (Å²) in [7, 11) is 0. The van der Waals surface area contributed by atoms with Gasteiger partial charge >= 0.3 is 0 Å². The van der Waals surface area contributed by atoms with Gasteiger partial charge in [0.15, 0.2) is 0 Å². The molecule has 1 heterocycles. The predicted octanol–water partition coefficient (Wildman–Crippen LogP) is 4.47. The molecule has 0 amide bonds. The quantitative estimate of drug-likeness (QED) is 0.768. The van der Waals surface area contributed by atoms with Gasteiger partial charge in [-0.3, -0.25) is 0 Å². The van der Waals surface area contributed by atoms with Crippen LogP contribution in [0.3, 0.4) is 0 Å². The fourth-order valence-electron chi connectivity index (χ4n) is 2.67. The van der Waals surface area contributed by atoms with E-state index in [1.807, 2.05) is 6.07 Å². The molecule has 2 nitrogen and oxygen atoms in total. The molecule has 3 heteroatoms. The highest BCUT2D eigenvalue weighted by molar-refractivity contribution is 9.08. The van der Waals surface area contributed by atoms with E-state index in [1.54, 1.807) is 0 Å². The number of anilines is 1. The van der Waals surface area contributed by atoms with E-state index in [0.717, 1.165) is 35.2 Å². The first kappa shape index (κ1) is 14.4. The van der Waals surface area contributed by atoms with Crippen molar-refractivity contribution in [1.82, 2.24) is 0 Å². The molecule has 0 spiro atoms. The van der Waals surface area contributed by atoms with Gasteiger partial charge in [0, 0.05) is 18.4 Å². The zero-order chi connectivity index (χ0) is 13.9. The molecule has 1 aromatic rings. The fraction of sp³-hybridized carbons (Fsp3) is 0.562. The average Bonchev–Trinajstić information content (AvgIpc) is 2.47. The monoisotopic (exact) mass is 320 g/mol. The van der Waals surface area contributed by atoms with Crippen LogP contribution in [0.4, 0.5) is 5.69 Å². The van der Waals surface area contributed by atoms with Crippen LogP contribution in [0.15, 0.2) is 18.2 Å². The highest BCUT2D eigenvalue weighted by Gasteiger charge is 2.29. The second-order valence-corrected chi connectivity index (χ2v) is 6.31. The van der Waals surface area contributed by atoms with Crippen molar-refractivity contribution in [2.24, 2.45) is 5.41 Å². The summed E-state index contributed by atoms with van der Waals surface area (Å²) in [5.41, 5.74) is 3.55. The average molecular weight is 321 g/mol. The maximum Gasteiger partial charge on any atom is 0.101 e. The van der Waals surface area contributed by atoms with Gasteiger partial charge in [-0.2, -0.15) is 5.26 Å². The molecule has 0 aromatic heterocycles. The van der Waals surface area contributed by atoms with E-state index in [9.17, 15) is 5.26 Å². The Kier molecular flexibility index (Phi) is 4.52. The van der Waals surface area contributed by atoms with E-state index in [4.69, 9.17) is 0 Å². The Balaban J connectivity index is 2.18. The van der Waals surface area contributed by atoms with E-state index in [0.29, 0.717) is 5.41 Å². The zero-order valence-electron chi connectivity index (χ0n) is 11.7. The highest BCUT2D eigenvalue weighted by Crippen LogP contribution is 2.36. The number of benzene rings is 1. The maximum absolute atomic E-state index is 9.33. The number of rotatable bonds is 3. The largest absolute Gasteiger partial charge is 0.370 e. The molecule has 0 saturated carbocycles. The van der Waals surface area contributed by atoms with Crippen molar-refractivity contribution in [2.45, 2.75) is 38.4 Å². The number of hydrogen-bond acceptors (Lipinski definition) is 2. The highest BCUT2D eigenvalue weighted by atomic mass is 79.9. The number of alkyl halides is 1. The van der Waals surface area contributed by atoms with Gasteiger partial charge in [-0.05, 0) is 36.0 Å². The molecular formula is C16H21BrN2. The third-order valence-corrected chi connectivity index (χ3v) is 5.15. The second kappa shape index (κ2) is 5.96. The van der Waals surface area contributed by atoms with Crippen LogP contribution < -0.4 is 4.90 Å². The van der Waals surface area contributed by atoms with Crippen molar-refractivity contribution < 1.29 is 0 Å². The minimum Gasteiger partial charge on any atom is -0.370 e. The minimum absolute atomic E-state index is 0.485. The topological polar surface area (TPSA) is 27.0 Å².